The Bertz CT molecular complexity index is 1140. The van der Waals surface area contributed by atoms with Gasteiger partial charge in [-0.3, -0.25) is 15.2 Å². The van der Waals surface area contributed by atoms with Crippen molar-refractivity contribution in [3.8, 4) is 5.75 Å². The van der Waals surface area contributed by atoms with Crippen molar-refractivity contribution in [3.05, 3.63) is 59.4 Å². The van der Waals surface area contributed by atoms with Crippen molar-refractivity contribution < 1.29 is 23.5 Å². The second-order valence-corrected chi connectivity index (χ2v) is 9.72. The van der Waals surface area contributed by atoms with Crippen LogP contribution in [0, 0.1) is 16.6 Å². The Balaban J connectivity index is 2.22. The Kier molecular flexibility index (Phi) is 11.1. The lowest BCUT2D eigenvalue weighted by atomic mass is 9.86. The van der Waals surface area contributed by atoms with E-state index in [1.807, 2.05) is 0 Å². The second kappa shape index (κ2) is 14.0. The summed E-state index contributed by atoms with van der Waals surface area (Å²) in [5.41, 5.74) is 11.3. The van der Waals surface area contributed by atoms with Gasteiger partial charge in [0, 0.05) is 30.4 Å². The van der Waals surface area contributed by atoms with Gasteiger partial charge in [0.2, 0.25) is 0 Å². The van der Waals surface area contributed by atoms with Crippen LogP contribution in [0.25, 0.3) is 0 Å². The van der Waals surface area contributed by atoms with Gasteiger partial charge in [-0.25, -0.2) is 9.18 Å². The summed E-state index contributed by atoms with van der Waals surface area (Å²) in [4.78, 5) is 29.2. The molecule has 0 radical (unpaired) electrons. The number of guanidine groups is 1. The molecule has 7 N–H and O–H groups in total. The molecule has 1 amide bonds. The summed E-state index contributed by atoms with van der Waals surface area (Å²) in [6.45, 7) is 6.60. The van der Waals surface area contributed by atoms with Crippen LogP contribution in [0.15, 0.2) is 47.5 Å². The molecule has 0 aromatic heterocycles. The molecule has 38 heavy (non-hydrogen) atoms. The van der Waals surface area contributed by atoms with Crippen LogP contribution >= 0.6 is 0 Å². The van der Waals surface area contributed by atoms with Crippen LogP contribution in [-0.2, 0) is 20.9 Å². The van der Waals surface area contributed by atoms with E-state index in [0.717, 1.165) is 18.4 Å². The molecule has 1 unspecified atom stereocenters. The lowest BCUT2D eigenvalue weighted by molar-refractivity contribution is -0.147. The van der Waals surface area contributed by atoms with Gasteiger partial charge in [0.15, 0.2) is 5.96 Å². The predicted molar refractivity (Wildman–Crippen MR) is 146 cm³/mol. The third-order valence-electron chi connectivity index (χ3n) is 5.58. The van der Waals surface area contributed by atoms with Gasteiger partial charge in [-0.15, -0.1) is 0 Å². The topological polar surface area (TPSA) is 165 Å². The molecule has 1 atom stereocenters. The smallest absolute Gasteiger partial charge is 0.328 e. The highest BCUT2D eigenvalue weighted by atomic mass is 19.1. The number of benzene rings is 2. The molecule has 0 saturated heterocycles. The predicted octanol–water partition coefficient (Wildman–Crippen LogP) is 2.94. The number of nitrogens with one attached hydrogen (secondary N) is 3. The summed E-state index contributed by atoms with van der Waals surface area (Å²) in [7, 11) is 1.25. The molecule has 0 spiro atoms. The van der Waals surface area contributed by atoms with Gasteiger partial charge in [0.1, 0.15) is 23.3 Å². The summed E-state index contributed by atoms with van der Waals surface area (Å²) in [6, 6.07) is 10.0. The van der Waals surface area contributed by atoms with Crippen LogP contribution in [0.1, 0.15) is 44.7 Å². The number of hydrogen-bond donors (Lipinski definition) is 5. The molecule has 2 rings (SSSR count). The van der Waals surface area contributed by atoms with E-state index in [-0.39, 0.29) is 17.5 Å². The molecule has 0 fully saturated rings. The molecule has 0 aliphatic rings. The molecular weight excluding hydrogens is 491 g/mol. The first-order valence-corrected chi connectivity index (χ1v) is 12.2. The van der Waals surface area contributed by atoms with Crippen molar-refractivity contribution in [3.63, 3.8) is 0 Å². The van der Waals surface area contributed by atoms with Crippen LogP contribution in [0.2, 0.25) is 0 Å². The minimum Gasteiger partial charge on any atom is -0.494 e. The Morgan fingerprint density at radius 1 is 1.11 bits per heavy atom. The van der Waals surface area contributed by atoms with Crippen molar-refractivity contribution in [2.75, 3.05) is 25.6 Å². The summed E-state index contributed by atoms with van der Waals surface area (Å²) in [5.74, 6) is -1.09. The molecule has 2 aromatic carbocycles. The number of nitrogens with zero attached hydrogens (tertiary/aromatic N) is 1. The molecule has 10 nitrogen and oxygen atoms in total. The minimum atomic E-state index is -0.947. The summed E-state index contributed by atoms with van der Waals surface area (Å²) in [6.07, 6.45) is 1.46. The second-order valence-electron chi connectivity index (χ2n) is 9.72. The van der Waals surface area contributed by atoms with E-state index in [9.17, 15) is 14.0 Å². The number of esters is 1. The zero-order chi connectivity index (χ0) is 28.3. The van der Waals surface area contributed by atoms with E-state index in [1.54, 1.807) is 51.1 Å². The number of rotatable bonds is 13. The van der Waals surface area contributed by atoms with Crippen LogP contribution in [0.3, 0.4) is 0 Å². The lowest BCUT2D eigenvalue weighted by Gasteiger charge is -2.29. The van der Waals surface area contributed by atoms with E-state index in [0.29, 0.717) is 36.7 Å². The summed E-state index contributed by atoms with van der Waals surface area (Å²) >= 11 is 0. The number of halogens is 1. The van der Waals surface area contributed by atoms with E-state index >= 15 is 0 Å². The number of carbonyl (C=O) groups excluding carboxylic acids is 2. The highest BCUT2D eigenvalue weighted by Gasteiger charge is 2.34. The molecule has 0 bridgehead atoms. The molecule has 11 heteroatoms. The first kappa shape index (κ1) is 30.1. The van der Waals surface area contributed by atoms with Crippen molar-refractivity contribution in [2.45, 2.75) is 46.2 Å². The number of nitrogens with two attached hydrogens (primary N) is 2. The van der Waals surface area contributed by atoms with E-state index in [2.05, 4.69) is 15.6 Å². The third kappa shape index (κ3) is 9.38. The Hall–Kier alpha value is -4.15. The fourth-order valence-corrected chi connectivity index (χ4v) is 3.46. The van der Waals surface area contributed by atoms with Crippen molar-refractivity contribution in [1.29, 1.82) is 5.41 Å². The number of aliphatic imine (C=N–C) groups is 1. The summed E-state index contributed by atoms with van der Waals surface area (Å²) < 4.78 is 24.0. The van der Waals surface area contributed by atoms with Gasteiger partial charge in [-0.05, 0) is 48.1 Å². The van der Waals surface area contributed by atoms with Crippen LogP contribution in [-0.4, -0.2) is 49.9 Å². The Morgan fingerprint density at radius 3 is 2.39 bits per heavy atom. The Morgan fingerprint density at radius 2 is 1.79 bits per heavy atom. The maximum absolute atomic E-state index is 13.3. The van der Waals surface area contributed by atoms with Crippen molar-refractivity contribution >= 4 is 29.2 Å². The standard InChI is InChI=1S/C27H37FN6O4/c1-27(2,3)23(25(36)37-4)34-24(35)22(29)20-12-11-19(38-14-6-5-13-32-26(30)31)15-21(20)33-16-17-7-9-18(28)10-8-17/h7-12,15,23,29,33H,5-6,13-14,16H2,1-4H3,(H,34,35)(H4,30,31,32). The largest absolute Gasteiger partial charge is 0.494 e. The van der Waals surface area contributed by atoms with Gasteiger partial charge in [-0.2, -0.15) is 0 Å². The van der Waals surface area contributed by atoms with E-state index in [4.69, 9.17) is 26.4 Å². The van der Waals surface area contributed by atoms with Crippen LogP contribution < -0.4 is 26.8 Å². The fourth-order valence-electron chi connectivity index (χ4n) is 3.46. The monoisotopic (exact) mass is 528 g/mol. The zero-order valence-electron chi connectivity index (χ0n) is 22.3. The molecule has 2 aromatic rings. The van der Waals surface area contributed by atoms with Gasteiger partial charge < -0.3 is 31.6 Å². The fraction of sp³-hybridized carbons (Fsp3) is 0.407. The number of unbranched alkanes of at least 4 members (excludes halogenated alkanes) is 1. The van der Waals surface area contributed by atoms with Crippen molar-refractivity contribution in [1.82, 2.24) is 5.32 Å². The molecular formula is C27H37FN6O4. The van der Waals surface area contributed by atoms with Gasteiger partial charge >= 0.3 is 5.97 Å². The maximum Gasteiger partial charge on any atom is 0.328 e. The molecule has 0 aliphatic carbocycles. The number of amides is 1. The molecule has 206 valence electrons. The number of hydrogen-bond acceptors (Lipinski definition) is 7. The minimum absolute atomic E-state index is 0.0465. The average molecular weight is 529 g/mol. The van der Waals surface area contributed by atoms with Crippen molar-refractivity contribution in [2.24, 2.45) is 21.9 Å². The summed E-state index contributed by atoms with van der Waals surface area (Å²) in [5, 5.41) is 14.4. The lowest BCUT2D eigenvalue weighted by Crippen LogP contribution is -2.51. The van der Waals surface area contributed by atoms with Gasteiger partial charge in [0.05, 0.1) is 13.7 Å². The van der Waals surface area contributed by atoms with Gasteiger partial charge in [-0.1, -0.05) is 32.9 Å². The van der Waals surface area contributed by atoms with Crippen LogP contribution in [0.5, 0.6) is 5.75 Å². The molecule has 0 saturated carbocycles. The Labute approximate surface area is 222 Å². The highest BCUT2D eigenvalue weighted by Crippen LogP contribution is 2.25. The molecule has 0 aliphatic heterocycles. The first-order chi connectivity index (χ1) is 17.9. The number of anilines is 1. The highest BCUT2D eigenvalue weighted by molar-refractivity contribution is 6.45. The van der Waals surface area contributed by atoms with Crippen LogP contribution in [0.4, 0.5) is 10.1 Å². The third-order valence-corrected chi connectivity index (χ3v) is 5.58. The number of methoxy groups -OCH3 is 1. The molecule has 0 heterocycles. The average Bonchev–Trinajstić information content (AvgIpc) is 2.87. The SMILES string of the molecule is COC(=O)C(NC(=O)C(=N)c1ccc(OCCCCN=C(N)N)cc1NCc1ccc(F)cc1)C(C)(C)C. The zero-order valence-corrected chi connectivity index (χ0v) is 22.3. The normalized spacial score (nSPS) is 11.7. The van der Waals surface area contributed by atoms with E-state index in [1.165, 1.54) is 19.2 Å². The number of ether oxygens (including phenoxy) is 2. The maximum atomic E-state index is 13.3. The van der Waals surface area contributed by atoms with Gasteiger partial charge in [0.25, 0.3) is 5.91 Å². The first-order valence-electron chi connectivity index (χ1n) is 12.2. The number of carbonyl (C=O) groups is 2. The van der Waals surface area contributed by atoms with E-state index < -0.39 is 23.3 Å². The quantitative estimate of drug-likeness (QED) is 0.115.